The van der Waals surface area contributed by atoms with Crippen molar-refractivity contribution in [3.05, 3.63) is 21.9 Å². The van der Waals surface area contributed by atoms with Crippen LogP contribution in [-0.4, -0.2) is 61.2 Å². The third kappa shape index (κ3) is 4.57. The van der Waals surface area contributed by atoms with Crippen LogP contribution in [0.2, 0.25) is 0 Å². The van der Waals surface area contributed by atoms with E-state index in [0.29, 0.717) is 10.8 Å². The molecule has 5 heteroatoms. The molecule has 0 spiro atoms. The van der Waals surface area contributed by atoms with Crippen LogP contribution in [0, 0.1) is 17.8 Å². The first-order chi connectivity index (χ1) is 10.1. The lowest BCUT2D eigenvalue weighted by Crippen LogP contribution is -2.37. The number of nitrogens with zero attached hydrogens (tertiary/aromatic N) is 2. The third-order valence-electron chi connectivity index (χ3n) is 3.82. The summed E-state index contributed by atoms with van der Waals surface area (Å²) in [5, 5.41) is 8.69. The van der Waals surface area contributed by atoms with Gasteiger partial charge >= 0.3 is 0 Å². The fourth-order valence-electron chi connectivity index (χ4n) is 2.55. The van der Waals surface area contributed by atoms with Crippen molar-refractivity contribution in [1.29, 1.82) is 0 Å². The minimum atomic E-state index is -0.156. The summed E-state index contributed by atoms with van der Waals surface area (Å²) in [6, 6.07) is 3.66. The maximum absolute atomic E-state index is 12.4. The standard InChI is InChI=1S/C16H22N2O2S/c1-17-9-7-13(8-10-17)12-18(2)16(20)15-6-5-14(21-15)4-3-11-19/h5-6,13,19H,7-12H2,1-2H3. The maximum atomic E-state index is 12.4. The Morgan fingerprint density at radius 3 is 2.86 bits per heavy atom. The molecule has 0 aromatic carbocycles. The zero-order valence-electron chi connectivity index (χ0n) is 12.6. The van der Waals surface area contributed by atoms with Crippen molar-refractivity contribution in [3.8, 4) is 11.8 Å². The summed E-state index contributed by atoms with van der Waals surface area (Å²) in [5.41, 5.74) is 0. The van der Waals surface area contributed by atoms with Crippen LogP contribution in [0.3, 0.4) is 0 Å². The molecular formula is C16H22N2O2S. The van der Waals surface area contributed by atoms with Gasteiger partial charge in [0.2, 0.25) is 0 Å². The lowest BCUT2D eigenvalue weighted by Gasteiger charge is -2.31. The number of hydrogen-bond donors (Lipinski definition) is 1. The normalized spacial score (nSPS) is 16.3. The van der Waals surface area contributed by atoms with Crippen molar-refractivity contribution in [2.45, 2.75) is 12.8 Å². The molecule has 0 aliphatic carbocycles. The molecular weight excluding hydrogens is 284 g/mol. The van der Waals surface area contributed by atoms with E-state index >= 15 is 0 Å². The van der Waals surface area contributed by atoms with E-state index in [1.807, 2.05) is 24.1 Å². The highest BCUT2D eigenvalue weighted by Crippen LogP contribution is 2.20. The van der Waals surface area contributed by atoms with Crippen LogP contribution in [-0.2, 0) is 0 Å². The molecule has 4 nitrogen and oxygen atoms in total. The van der Waals surface area contributed by atoms with Gasteiger partial charge < -0.3 is 14.9 Å². The summed E-state index contributed by atoms with van der Waals surface area (Å²) in [5.74, 6) is 6.11. The summed E-state index contributed by atoms with van der Waals surface area (Å²) in [6.45, 7) is 2.90. The number of carbonyl (C=O) groups is 1. The number of thiophene rings is 1. The van der Waals surface area contributed by atoms with Crippen LogP contribution in [0.15, 0.2) is 12.1 Å². The van der Waals surface area contributed by atoms with Crippen LogP contribution in [0.25, 0.3) is 0 Å². The highest BCUT2D eigenvalue weighted by molar-refractivity contribution is 7.14. The van der Waals surface area contributed by atoms with Gasteiger partial charge in [0.25, 0.3) is 5.91 Å². The number of likely N-dealkylation sites (tertiary alicyclic amines) is 1. The van der Waals surface area contributed by atoms with Crippen molar-refractivity contribution in [2.75, 3.05) is 40.3 Å². The minimum Gasteiger partial charge on any atom is -0.384 e. The molecule has 1 N–H and O–H groups in total. The first-order valence-corrected chi connectivity index (χ1v) is 8.05. The quantitative estimate of drug-likeness (QED) is 0.861. The Balaban J connectivity index is 1.91. The average molecular weight is 306 g/mol. The van der Waals surface area contributed by atoms with E-state index in [1.165, 1.54) is 11.3 Å². The number of piperidine rings is 1. The van der Waals surface area contributed by atoms with E-state index in [-0.39, 0.29) is 12.5 Å². The lowest BCUT2D eigenvalue weighted by atomic mass is 9.96. The van der Waals surface area contributed by atoms with Crippen LogP contribution in [0.5, 0.6) is 0 Å². The van der Waals surface area contributed by atoms with Gasteiger partial charge in [0.15, 0.2) is 0 Å². The molecule has 0 atom stereocenters. The van der Waals surface area contributed by atoms with Crippen molar-refractivity contribution in [1.82, 2.24) is 9.80 Å². The average Bonchev–Trinajstić information content (AvgIpc) is 2.95. The van der Waals surface area contributed by atoms with Gasteiger partial charge in [-0.25, -0.2) is 0 Å². The fraction of sp³-hybridized carbons (Fsp3) is 0.562. The van der Waals surface area contributed by atoms with E-state index in [9.17, 15) is 4.79 Å². The van der Waals surface area contributed by atoms with Gasteiger partial charge in [-0.05, 0) is 51.0 Å². The molecule has 1 amide bonds. The van der Waals surface area contributed by atoms with Gasteiger partial charge in [-0.1, -0.05) is 11.8 Å². The number of aliphatic hydroxyl groups is 1. The van der Waals surface area contributed by atoms with E-state index < -0.39 is 0 Å². The third-order valence-corrected chi connectivity index (χ3v) is 4.81. The molecule has 1 aromatic rings. The van der Waals surface area contributed by atoms with Crippen molar-refractivity contribution in [2.24, 2.45) is 5.92 Å². The van der Waals surface area contributed by atoms with Gasteiger partial charge in [-0.15, -0.1) is 11.3 Å². The minimum absolute atomic E-state index is 0.0657. The predicted molar refractivity (Wildman–Crippen MR) is 85.5 cm³/mol. The molecule has 1 aliphatic heterocycles. The summed E-state index contributed by atoms with van der Waals surface area (Å²) < 4.78 is 0. The monoisotopic (exact) mass is 306 g/mol. The number of hydrogen-bond acceptors (Lipinski definition) is 4. The molecule has 21 heavy (non-hydrogen) atoms. The second-order valence-corrected chi connectivity index (χ2v) is 6.64. The van der Waals surface area contributed by atoms with Gasteiger partial charge in [-0.3, -0.25) is 4.79 Å². The van der Waals surface area contributed by atoms with E-state index in [2.05, 4.69) is 23.8 Å². The molecule has 1 saturated heterocycles. The molecule has 2 rings (SSSR count). The Labute approximate surface area is 130 Å². The van der Waals surface area contributed by atoms with Crippen LogP contribution in [0.4, 0.5) is 0 Å². The number of rotatable bonds is 3. The Hall–Kier alpha value is -1.35. The fourth-order valence-corrected chi connectivity index (χ4v) is 3.43. The topological polar surface area (TPSA) is 43.8 Å². The highest BCUT2D eigenvalue weighted by atomic mass is 32.1. The number of aliphatic hydroxyl groups excluding tert-OH is 1. The Kier molecular flexibility index (Phi) is 5.80. The molecule has 0 saturated carbocycles. The van der Waals surface area contributed by atoms with Gasteiger partial charge in [0, 0.05) is 13.6 Å². The van der Waals surface area contributed by atoms with E-state index in [1.54, 1.807) is 0 Å². The second kappa shape index (κ2) is 7.60. The molecule has 0 radical (unpaired) electrons. The zero-order chi connectivity index (χ0) is 15.2. The van der Waals surface area contributed by atoms with Crippen molar-refractivity contribution < 1.29 is 9.90 Å². The predicted octanol–water partition coefficient (Wildman–Crippen LogP) is 1.51. The van der Waals surface area contributed by atoms with Crippen LogP contribution < -0.4 is 0 Å². The molecule has 1 aromatic heterocycles. The molecule has 1 aliphatic rings. The molecule has 1 fully saturated rings. The second-order valence-electron chi connectivity index (χ2n) is 5.56. The first-order valence-electron chi connectivity index (χ1n) is 7.23. The Morgan fingerprint density at radius 2 is 2.19 bits per heavy atom. The molecule has 0 bridgehead atoms. The van der Waals surface area contributed by atoms with Gasteiger partial charge in [0.05, 0.1) is 9.75 Å². The van der Waals surface area contributed by atoms with Gasteiger partial charge in [0.1, 0.15) is 6.61 Å². The van der Waals surface area contributed by atoms with Crippen LogP contribution >= 0.6 is 11.3 Å². The smallest absolute Gasteiger partial charge is 0.263 e. The largest absolute Gasteiger partial charge is 0.384 e. The maximum Gasteiger partial charge on any atom is 0.263 e. The summed E-state index contributed by atoms with van der Waals surface area (Å²) in [6.07, 6.45) is 2.32. The van der Waals surface area contributed by atoms with Crippen LogP contribution in [0.1, 0.15) is 27.4 Å². The summed E-state index contributed by atoms with van der Waals surface area (Å²) in [7, 11) is 4.02. The zero-order valence-corrected chi connectivity index (χ0v) is 13.4. The lowest BCUT2D eigenvalue weighted by molar-refractivity contribution is 0.0752. The van der Waals surface area contributed by atoms with E-state index in [4.69, 9.17) is 5.11 Å². The highest BCUT2D eigenvalue weighted by Gasteiger charge is 2.21. The summed E-state index contributed by atoms with van der Waals surface area (Å²) in [4.78, 5) is 18.1. The Bertz CT molecular complexity index is 536. The first kappa shape index (κ1) is 16.0. The van der Waals surface area contributed by atoms with Crippen molar-refractivity contribution >= 4 is 17.2 Å². The molecule has 2 heterocycles. The van der Waals surface area contributed by atoms with Crippen molar-refractivity contribution in [3.63, 3.8) is 0 Å². The van der Waals surface area contributed by atoms with Gasteiger partial charge in [-0.2, -0.15) is 0 Å². The SMILES string of the molecule is CN1CCC(CN(C)C(=O)c2ccc(C#CCO)s2)CC1. The number of amides is 1. The molecule has 114 valence electrons. The number of carbonyl (C=O) groups excluding carboxylic acids is 1. The summed E-state index contributed by atoms with van der Waals surface area (Å²) >= 11 is 1.39. The molecule has 0 unspecified atom stereocenters. The Morgan fingerprint density at radius 1 is 1.48 bits per heavy atom. The van der Waals surface area contributed by atoms with E-state index in [0.717, 1.165) is 37.4 Å².